The van der Waals surface area contributed by atoms with Gasteiger partial charge in [-0.2, -0.15) is 69.5 Å². The normalized spacial score (nSPS) is 14.2. The van der Waals surface area contributed by atoms with Crippen LogP contribution in [0.2, 0.25) is 0 Å². The first-order valence-corrected chi connectivity index (χ1v) is 13.9. The van der Waals surface area contributed by atoms with Crippen LogP contribution in [0.3, 0.4) is 0 Å². The highest BCUT2D eigenvalue weighted by atomic mass is 32.2. The van der Waals surface area contributed by atoms with E-state index in [2.05, 4.69) is 18.9 Å². The highest BCUT2D eigenvalue weighted by molar-refractivity contribution is 7.87. The Balaban J connectivity index is 1.98. The molecule has 2 aromatic rings. The van der Waals surface area contributed by atoms with Gasteiger partial charge in [0.15, 0.2) is 11.4 Å². The van der Waals surface area contributed by atoms with Gasteiger partial charge in [0.25, 0.3) is 0 Å². The van der Waals surface area contributed by atoms with Crippen molar-refractivity contribution in [1.82, 2.24) is 0 Å². The summed E-state index contributed by atoms with van der Waals surface area (Å²) in [6.45, 7) is -0.332. The number of hydrogen-bond acceptors (Lipinski definition) is 10. The van der Waals surface area contributed by atoms with Crippen molar-refractivity contribution in [2.24, 2.45) is 10.3 Å². The Labute approximate surface area is 244 Å². The number of rotatable bonds is 12. The summed E-state index contributed by atoms with van der Waals surface area (Å²) in [5.41, 5.74) is -18.0. The maximum Gasteiger partial charge on any atom is 0.536 e. The fourth-order valence-corrected chi connectivity index (χ4v) is 3.16. The van der Waals surface area contributed by atoms with Crippen LogP contribution < -0.4 is 9.47 Å². The van der Waals surface area contributed by atoms with E-state index in [1.807, 2.05) is 0 Å². The van der Waals surface area contributed by atoms with Crippen LogP contribution in [-0.4, -0.2) is 64.8 Å². The molecule has 45 heavy (non-hydrogen) atoms. The summed E-state index contributed by atoms with van der Waals surface area (Å²) in [4.78, 5) is 0. The van der Waals surface area contributed by atoms with Gasteiger partial charge in [0.2, 0.25) is 0 Å². The molecule has 0 fully saturated rings. The molecule has 0 saturated heterocycles. The van der Waals surface area contributed by atoms with Crippen molar-refractivity contribution in [3.05, 3.63) is 59.7 Å². The second-order valence-corrected chi connectivity index (χ2v) is 11.0. The Morgan fingerprint density at radius 1 is 0.533 bits per heavy atom. The van der Waals surface area contributed by atoms with E-state index in [1.165, 1.54) is 0 Å². The molecule has 0 amide bonds. The molecule has 24 heteroatoms. The number of alkyl halides is 12. The average molecular weight is 714 g/mol. The molecule has 0 spiro atoms. The fourth-order valence-electron chi connectivity index (χ4n) is 2.65. The summed E-state index contributed by atoms with van der Waals surface area (Å²) < 4.78 is 213. The summed E-state index contributed by atoms with van der Waals surface area (Å²) in [7, 11) is -12.9. The van der Waals surface area contributed by atoms with Gasteiger partial charge in [0.1, 0.15) is 11.5 Å². The zero-order valence-corrected chi connectivity index (χ0v) is 22.9. The molecule has 0 aliphatic heterocycles. The smallest absolute Gasteiger partial charge is 0.493 e. The Bertz CT molecular complexity index is 1460. The number of nitrogens with zero attached hydrogens (tertiary/aromatic N) is 2. The third-order valence-electron chi connectivity index (χ3n) is 4.64. The lowest BCUT2D eigenvalue weighted by atomic mass is 10.1. The number of benzene rings is 2. The fraction of sp³-hybridized carbons (Fsp3) is 0.333. The number of halogens is 12. The molecule has 0 saturated carbocycles. The first-order valence-electron chi connectivity index (χ1n) is 11.1. The summed E-state index contributed by atoms with van der Waals surface area (Å²) in [5.74, 6) is -0.135. The van der Waals surface area contributed by atoms with Crippen molar-refractivity contribution >= 4 is 31.7 Å². The monoisotopic (exact) mass is 714 g/mol. The third-order valence-corrected chi connectivity index (χ3v) is 6.31. The van der Waals surface area contributed by atoms with Crippen molar-refractivity contribution in [1.29, 1.82) is 0 Å². The zero-order chi connectivity index (χ0) is 34.5. The molecule has 10 nitrogen and oxygen atoms in total. The van der Waals surface area contributed by atoms with Gasteiger partial charge in [-0.05, 0) is 48.5 Å². The maximum atomic E-state index is 13.2. The van der Waals surface area contributed by atoms with Gasteiger partial charge in [0, 0.05) is 17.5 Å². The predicted octanol–water partition coefficient (Wildman–Crippen LogP) is 5.80. The Morgan fingerprint density at radius 3 is 1.07 bits per heavy atom. The standard InChI is InChI=1S/C21H14F12N2O8S2/c22-18(23,24)16(34-42-44(36,37)20(28,29)30)12-2-6-14(7-3-12)40-10-1-11-41-15-8-4-13(5-9-15)17(19(25,26)27)35-43-45(38,39)21(31,32)33/h2-9H,1,10-11H2/b34-16-,35-17-. The molecule has 0 heterocycles. The van der Waals surface area contributed by atoms with Crippen LogP contribution in [0.25, 0.3) is 0 Å². The molecule has 0 N–H and O–H groups in total. The van der Waals surface area contributed by atoms with E-state index in [0.29, 0.717) is 24.3 Å². The van der Waals surface area contributed by atoms with Crippen molar-refractivity contribution in [3.8, 4) is 11.5 Å². The van der Waals surface area contributed by atoms with Crippen molar-refractivity contribution in [2.75, 3.05) is 13.2 Å². The molecule has 0 aliphatic carbocycles. The molecule has 2 aromatic carbocycles. The second kappa shape index (κ2) is 13.6. The first kappa shape index (κ1) is 37.2. The van der Waals surface area contributed by atoms with E-state index in [-0.39, 0.29) is 31.1 Å². The molecule has 0 aromatic heterocycles. The quantitative estimate of drug-likeness (QED) is 0.0888. The van der Waals surface area contributed by atoms with Gasteiger partial charge < -0.3 is 9.47 Å². The Hall–Kier alpha value is -3.96. The molecule has 252 valence electrons. The minimum Gasteiger partial charge on any atom is -0.493 e. The van der Waals surface area contributed by atoms with Crippen molar-refractivity contribution in [2.45, 2.75) is 29.8 Å². The summed E-state index contributed by atoms with van der Waals surface area (Å²) in [5, 5.41) is 4.19. The summed E-state index contributed by atoms with van der Waals surface area (Å²) >= 11 is 0. The highest BCUT2D eigenvalue weighted by Crippen LogP contribution is 2.30. The van der Waals surface area contributed by atoms with Crippen molar-refractivity contribution in [3.63, 3.8) is 0 Å². The van der Waals surface area contributed by atoms with E-state index < -0.39 is 66.2 Å². The van der Waals surface area contributed by atoms with Gasteiger partial charge in [-0.25, -0.2) is 0 Å². The summed E-state index contributed by atoms with van der Waals surface area (Å²) in [6, 6.07) is 6.46. The molecule has 0 aliphatic rings. The van der Waals surface area contributed by atoms with Gasteiger partial charge in [-0.15, -0.1) is 0 Å². The first-order chi connectivity index (χ1) is 20.4. The molecule has 0 atom stereocenters. The van der Waals surface area contributed by atoms with E-state index in [4.69, 9.17) is 9.47 Å². The molecular formula is C21H14F12N2O8S2. The van der Waals surface area contributed by atoms with Gasteiger partial charge in [0.05, 0.1) is 13.2 Å². The number of ether oxygens (including phenoxy) is 2. The molecule has 0 radical (unpaired) electrons. The third kappa shape index (κ3) is 10.6. The van der Waals surface area contributed by atoms with Crippen LogP contribution in [0.15, 0.2) is 58.8 Å². The largest absolute Gasteiger partial charge is 0.536 e. The lowest BCUT2D eigenvalue weighted by molar-refractivity contribution is -0.0636. The molecule has 0 bridgehead atoms. The van der Waals surface area contributed by atoms with Crippen LogP contribution in [0.5, 0.6) is 11.5 Å². The number of hydrogen-bond donors (Lipinski definition) is 0. The molecule has 0 unspecified atom stereocenters. The second-order valence-electron chi connectivity index (χ2n) is 7.92. The maximum absolute atomic E-state index is 13.2. The summed E-state index contributed by atoms with van der Waals surface area (Å²) in [6.07, 6.45) is -10.8. The number of oxime groups is 2. The minimum atomic E-state index is -6.46. The van der Waals surface area contributed by atoms with Gasteiger partial charge >= 0.3 is 43.6 Å². The van der Waals surface area contributed by atoms with Crippen LogP contribution in [0.1, 0.15) is 17.5 Å². The Kier molecular flexibility index (Phi) is 11.2. The molecule has 2 rings (SSSR count). The lowest BCUT2D eigenvalue weighted by Gasteiger charge is -2.13. The van der Waals surface area contributed by atoms with Crippen molar-refractivity contribution < 1.29 is 87.6 Å². The topological polar surface area (TPSA) is 130 Å². The van der Waals surface area contributed by atoms with Gasteiger partial charge in [-0.1, -0.05) is 10.3 Å². The SMILES string of the molecule is O=S(=O)(O/N=C(/c1ccc(OCCCOc2ccc(/C(=N/OS(=O)(=O)C(F)(F)F)C(F)(F)F)cc2)cc1)C(F)(F)F)C(F)(F)F. The minimum absolute atomic E-state index is 0.0559. The van der Waals surface area contributed by atoms with Gasteiger partial charge in [-0.3, -0.25) is 8.57 Å². The van der Waals surface area contributed by atoms with E-state index in [1.54, 1.807) is 0 Å². The predicted molar refractivity (Wildman–Crippen MR) is 126 cm³/mol. The van der Waals surface area contributed by atoms with Crippen LogP contribution >= 0.6 is 0 Å². The molecular weight excluding hydrogens is 700 g/mol. The zero-order valence-electron chi connectivity index (χ0n) is 21.3. The Morgan fingerprint density at radius 2 is 0.822 bits per heavy atom. The lowest BCUT2D eigenvalue weighted by Crippen LogP contribution is -2.28. The average Bonchev–Trinajstić information content (AvgIpc) is 2.87. The highest BCUT2D eigenvalue weighted by Gasteiger charge is 2.51. The van der Waals surface area contributed by atoms with Crippen LogP contribution in [-0.2, 0) is 28.8 Å². The van der Waals surface area contributed by atoms with Crippen LogP contribution in [0.4, 0.5) is 52.7 Å². The van der Waals surface area contributed by atoms with E-state index >= 15 is 0 Å². The van der Waals surface area contributed by atoms with E-state index in [0.717, 1.165) is 24.3 Å². The van der Waals surface area contributed by atoms with Crippen LogP contribution in [0, 0.1) is 0 Å². The van der Waals surface area contributed by atoms with E-state index in [9.17, 15) is 69.5 Å².